The number of rotatable bonds is 6. The Morgan fingerprint density at radius 2 is 1.78 bits per heavy atom. The molecule has 0 radical (unpaired) electrons. The lowest BCUT2D eigenvalue weighted by molar-refractivity contribution is 0.0490. The molecule has 5 rings (SSSR count). The van der Waals surface area contributed by atoms with E-state index in [2.05, 4.69) is 32.0 Å². The molecule has 3 heterocycles. The van der Waals surface area contributed by atoms with Crippen LogP contribution in [-0.4, -0.2) is 82.4 Å². The quantitative estimate of drug-likeness (QED) is 0.665. The first kappa shape index (κ1) is 24.6. The molecule has 1 aromatic heterocycles. The lowest BCUT2D eigenvalue weighted by Crippen LogP contribution is -2.59. The fourth-order valence-corrected chi connectivity index (χ4v) is 5.46. The van der Waals surface area contributed by atoms with Crippen molar-refractivity contribution in [1.29, 1.82) is 0 Å². The summed E-state index contributed by atoms with van der Waals surface area (Å²) in [5.74, 6) is 0.371. The van der Waals surface area contributed by atoms with Crippen molar-refractivity contribution in [2.45, 2.75) is 64.1 Å². The summed E-state index contributed by atoms with van der Waals surface area (Å²) in [5.41, 5.74) is 1.72. The first-order chi connectivity index (χ1) is 17.4. The number of piperidine rings is 1. The summed E-state index contributed by atoms with van der Waals surface area (Å²) in [4.78, 5) is 41.1. The number of carbonyl (C=O) groups excluding carboxylic acids is 2. The molecule has 1 atom stereocenters. The Balaban J connectivity index is 1.18. The molecule has 2 amide bonds. The second-order valence-corrected chi connectivity index (χ2v) is 10.2. The number of piperazine rings is 1. The summed E-state index contributed by atoms with van der Waals surface area (Å²) in [6, 6.07) is 6.93. The summed E-state index contributed by atoms with van der Waals surface area (Å²) in [5, 5.41) is 2.97. The van der Waals surface area contributed by atoms with Crippen LogP contribution in [-0.2, 0) is 0 Å². The normalized spacial score (nSPS) is 21.5. The van der Waals surface area contributed by atoms with Crippen LogP contribution in [0.15, 0.2) is 30.5 Å². The maximum Gasteiger partial charge on any atom is 0.271 e. The van der Waals surface area contributed by atoms with E-state index in [1.807, 2.05) is 11.8 Å². The van der Waals surface area contributed by atoms with E-state index in [1.54, 1.807) is 18.3 Å². The van der Waals surface area contributed by atoms with Crippen LogP contribution in [0.2, 0.25) is 0 Å². The van der Waals surface area contributed by atoms with Gasteiger partial charge in [-0.1, -0.05) is 6.92 Å². The number of benzene rings is 1. The number of carbonyl (C=O) groups is 2. The average Bonchev–Trinajstić information content (AvgIpc) is 3.72. The molecule has 1 N–H and O–H groups in total. The van der Waals surface area contributed by atoms with Crippen LogP contribution in [0.25, 0.3) is 0 Å². The number of hydrogen-bond donors (Lipinski definition) is 1. The molecule has 2 aromatic rings. The minimum absolute atomic E-state index is 0.0198. The Kier molecular flexibility index (Phi) is 7.18. The molecule has 3 aliphatic rings. The van der Waals surface area contributed by atoms with Gasteiger partial charge in [0.1, 0.15) is 17.3 Å². The van der Waals surface area contributed by atoms with Crippen LogP contribution < -0.4 is 10.2 Å². The zero-order chi connectivity index (χ0) is 25.2. The van der Waals surface area contributed by atoms with Crippen molar-refractivity contribution in [1.82, 2.24) is 25.1 Å². The van der Waals surface area contributed by atoms with Gasteiger partial charge >= 0.3 is 0 Å². The van der Waals surface area contributed by atoms with Gasteiger partial charge in [-0.3, -0.25) is 14.5 Å². The van der Waals surface area contributed by atoms with E-state index < -0.39 is 0 Å². The van der Waals surface area contributed by atoms with E-state index in [9.17, 15) is 14.0 Å². The van der Waals surface area contributed by atoms with Crippen molar-refractivity contribution >= 4 is 17.6 Å². The number of hydrogen-bond acceptors (Lipinski definition) is 6. The number of anilines is 1. The Morgan fingerprint density at radius 1 is 1.06 bits per heavy atom. The molecule has 192 valence electrons. The Hall–Kier alpha value is -3.07. The maximum atomic E-state index is 13.2. The topological polar surface area (TPSA) is 81.7 Å². The number of halogens is 1. The molecule has 0 unspecified atom stereocenters. The Bertz CT molecular complexity index is 1100. The van der Waals surface area contributed by atoms with E-state index >= 15 is 0 Å². The third kappa shape index (κ3) is 5.36. The fourth-order valence-electron chi connectivity index (χ4n) is 5.46. The average molecular weight is 495 g/mol. The molecular formula is C27H35FN6O2. The summed E-state index contributed by atoms with van der Waals surface area (Å²) in [6.45, 7) is 8.23. The number of aryl methyl sites for hydroxylation is 1. The monoisotopic (exact) mass is 494 g/mol. The molecule has 8 nitrogen and oxygen atoms in total. The van der Waals surface area contributed by atoms with Crippen LogP contribution in [0.5, 0.6) is 0 Å². The van der Waals surface area contributed by atoms with Gasteiger partial charge in [0.2, 0.25) is 0 Å². The van der Waals surface area contributed by atoms with Crippen molar-refractivity contribution in [3.05, 3.63) is 53.2 Å². The van der Waals surface area contributed by atoms with Gasteiger partial charge in [-0.05, 0) is 63.3 Å². The number of likely N-dealkylation sites (tertiary alicyclic amines) is 1. The zero-order valence-electron chi connectivity index (χ0n) is 21.1. The van der Waals surface area contributed by atoms with E-state index in [4.69, 9.17) is 0 Å². The smallest absolute Gasteiger partial charge is 0.271 e. The van der Waals surface area contributed by atoms with Crippen LogP contribution in [0.1, 0.15) is 65.6 Å². The van der Waals surface area contributed by atoms with E-state index in [0.29, 0.717) is 42.5 Å². The summed E-state index contributed by atoms with van der Waals surface area (Å²) in [7, 11) is 0. The number of amides is 2. The van der Waals surface area contributed by atoms with Crippen molar-refractivity contribution in [3.8, 4) is 0 Å². The van der Waals surface area contributed by atoms with Crippen molar-refractivity contribution in [2.75, 3.05) is 37.6 Å². The summed E-state index contributed by atoms with van der Waals surface area (Å²) in [6.07, 6.45) is 6.59. The van der Waals surface area contributed by atoms with E-state index in [1.165, 1.54) is 12.1 Å². The van der Waals surface area contributed by atoms with Gasteiger partial charge in [0.05, 0.1) is 11.9 Å². The zero-order valence-corrected chi connectivity index (χ0v) is 21.1. The first-order valence-corrected chi connectivity index (χ1v) is 13.1. The highest BCUT2D eigenvalue weighted by atomic mass is 19.1. The largest absolute Gasteiger partial charge is 0.352 e. The van der Waals surface area contributed by atoms with Crippen molar-refractivity contribution < 1.29 is 14.0 Å². The molecule has 2 saturated heterocycles. The predicted molar refractivity (Wildman–Crippen MR) is 136 cm³/mol. The fraction of sp³-hybridized carbons (Fsp3) is 0.556. The molecule has 2 aliphatic heterocycles. The van der Waals surface area contributed by atoms with Crippen molar-refractivity contribution in [2.24, 2.45) is 0 Å². The van der Waals surface area contributed by atoms with E-state index in [0.717, 1.165) is 63.3 Å². The Morgan fingerprint density at radius 3 is 2.42 bits per heavy atom. The minimum Gasteiger partial charge on any atom is -0.352 e. The first-order valence-electron chi connectivity index (χ1n) is 13.1. The molecule has 3 fully saturated rings. The highest BCUT2D eigenvalue weighted by Gasteiger charge is 2.35. The Labute approximate surface area is 211 Å². The number of aromatic nitrogens is 2. The lowest BCUT2D eigenvalue weighted by Gasteiger charge is -2.47. The van der Waals surface area contributed by atoms with Gasteiger partial charge in [0, 0.05) is 56.4 Å². The van der Waals surface area contributed by atoms with Gasteiger partial charge in [-0.25, -0.2) is 14.4 Å². The van der Waals surface area contributed by atoms with Gasteiger partial charge in [-0.15, -0.1) is 0 Å². The van der Waals surface area contributed by atoms with Crippen LogP contribution in [0.4, 0.5) is 10.2 Å². The lowest BCUT2D eigenvalue weighted by atomic mass is 9.97. The van der Waals surface area contributed by atoms with Gasteiger partial charge in [0.25, 0.3) is 11.8 Å². The number of nitrogens with zero attached hydrogens (tertiary/aromatic N) is 5. The van der Waals surface area contributed by atoms with E-state index in [-0.39, 0.29) is 17.6 Å². The number of nitrogens with one attached hydrogen (secondary N) is 1. The highest BCUT2D eigenvalue weighted by Crippen LogP contribution is 2.27. The second-order valence-electron chi connectivity index (χ2n) is 10.2. The maximum absolute atomic E-state index is 13.2. The molecule has 9 heteroatoms. The molecular weight excluding hydrogens is 459 g/mol. The van der Waals surface area contributed by atoms with Crippen LogP contribution >= 0.6 is 0 Å². The standard InChI is InChI=1S/C27H35FN6O2/c1-3-22-17-33(25-18(2)30-24(16-29-25)26(35)31-21-8-9-21)14-15-34(22)23-10-12-32(13-11-23)27(36)19-4-6-20(28)7-5-19/h4-7,16,21-23H,3,8-15,17H2,1-2H3,(H,31,35)/t22-/m0/s1. The summed E-state index contributed by atoms with van der Waals surface area (Å²) >= 11 is 0. The minimum atomic E-state index is -0.328. The van der Waals surface area contributed by atoms with Gasteiger partial charge in [-0.2, -0.15) is 0 Å². The molecule has 0 spiro atoms. The van der Waals surface area contributed by atoms with Gasteiger partial charge < -0.3 is 15.1 Å². The van der Waals surface area contributed by atoms with Crippen molar-refractivity contribution in [3.63, 3.8) is 0 Å². The second kappa shape index (κ2) is 10.5. The molecule has 1 aromatic carbocycles. The van der Waals surface area contributed by atoms with Crippen LogP contribution in [0.3, 0.4) is 0 Å². The SMILES string of the molecule is CC[C@H]1CN(c2ncc(C(=O)NC3CC3)nc2C)CCN1C1CCN(C(=O)c2ccc(F)cc2)CC1. The molecule has 1 saturated carbocycles. The van der Waals surface area contributed by atoms with Crippen LogP contribution in [0, 0.1) is 12.7 Å². The van der Waals surface area contributed by atoms with Gasteiger partial charge in [0.15, 0.2) is 0 Å². The third-order valence-corrected chi connectivity index (χ3v) is 7.68. The predicted octanol–water partition coefficient (Wildman–Crippen LogP) is 3.02. The highest BCUT2D eigenvalue weighted by molar-refractivity contribution is 5.94. The third-order valence-electron chi connectivity index (χ3n) is 7.68. The molecule has 1 aliphatic carbocycles. The molecule has 36 heavy (non-hydrogen) atoms. The summed E-state index contributed by atoms with van der Waals surface area (Å²) < 4.78 is 13.2. The molecule has 0 bridgehead atoms.